The molecule has 192 valence electrons. The first-order chi connectivity index (χ1) is 16.1. The zero-order chi connectivity index (χ0) is 26.6. The summed E-state index contributed by atoms with van der Waals surface area (Å²) in [6.07, 6.45) is 1.37. The van der Waals surface area contributed by atoms with E-state index in [0.717, 1.165) is 10.6 Å². The van der Waals surface area contributed by atoms with Crippen LogP contribution in [0.5, 0.6) is 0 Å². The molecular formula is C25H33Cl2N3O4S. The second kappa shape index (κ2) is 11.6. The monoisotopic (exact) mass is 541 g/mol. The lowest BCUT2D eigenvalue weighted by atomic mass is 10.1. The van der Waals surface area contributed by atoms with Gasteiger partial charge in [-0.1, -0.05) is 48.3 Å². The molecular weight excluding hydrogens is 509 g/mol. The van der Waals surface area contributed by atoms with Gasteiger partial charge in [0.15, 0.2) is 0 Å². The standard InChI is InChI=1S/C25H33Cl2N3O4S/c1-7-21(24(32)28-25(3,4)5)29(15-18-10-8-9-11-20(18)27)23(31)16-30(35(6,33)34)22-13-12-19(26)14-17(22)2/h8-14,21H,7,15-16H2,1-6H3,(H,28,32)/t21-/m0/s1. The lowest BCUT2D eigenvalue weighted by Crippen LogP contribution is -2.55. The van der Waals surface area contributed by atoms with Crippen LogP contribution in [0.1, 0.15) is 45.2 Å². The molecule has 0 bridgehead atoms. The molecule has 1 atom stereocenters. The van der Waals surface area contributed by atoms with E-state index in [1.54, 1.807) is 56.3 Å². The molecule has 7 nitrogen and oxygen atoms in total. The molecule has 10 heteroatoms. The number of nitrogens with one attached hydrogen (secondary N) is 1. The maximum absolute atomic E-state index is 13.7. The average molecular weight is 543 g/mol. The maximum atomic E-state index is 13.7. The number of hydrogen-bond acceptors (Lipinski definition) is 4. The third-order valence-corrected chi connectivity index (χ3v) is 7.02. The van der Waals surface area contributed by atoms with Gasteiger partial charge in [0, 0.05) is 22.1 Å². The van der Waals surface area contributed by atoms with E-state index in [9.17, 15) is 18.0 Å². The van der Waals surface area contributed by atoms with Crippen molar-refractivity contribution < 1.29 is 18.0 Å². The molecule has 0 spiro atoms. The number of benzene rings is 2. The Bertz CT molecular complexity index is 1180. The van der Waals surface area contributed by atoms with E-state index < -0.39 is 34.1 Å². The predicted molar refractivity (Wildman–Crippen MR) is 142 cm³/mol. The summed E-state index contributed by atoms with van der Waals surface area (Å²) in [5.41, 5.74) is 1.09. The Kier molecular flexibility index (Phi) is 9.62. The second-order valence-electron chi connectivity index (χ2n) is 9.48. The predicted octanol–water partition coefficient (Wildman–Crippen LogP) is 4.79. The number of halogens is 2. The number of anilines is 1. The molecule has 35 heavy (non-hydrogen) atoms. The van der Waals surface area contributed by atoms with E-state index in [-0.39, 0.29) is 12.5 Å². The van der Waals surface area contributed by atoms with Gasteiger partial charge >= 0.3 is 0 Å². The molecule has 2 amide bonds. The van der Waals surface area contributed by atoms with Gasteiger partial charge in [0.1, 0.15) is 12.6 Å². The van der Waals surface area contributed by atoms with Gasteiger partial charge in [-0.15, -0.1) is 0 Å². The maximum Gasteiger partial charge on any atom is 0.244 e. The fourth-order valence-electron chi connectivity index (χ4n) is 3.68. The Balaban J connectivity index is 2.51. The number of amides is 2. The first kappa shape index (κ1) is 28.9. The molecule has 0 radical (unpaired) electrons. The highest BCUT2D eigenvalue weighted by Gasteiger charge is 2.33. The van der Waals surface area contributed by atoms with Gasteiger partial charge in [0.25, 0.3) is 0 Å². The summed E-state index contributed by atoms with van der Waals surface area (Å²) in [5.74, 6) is -0.852. The van der Waals surface area contributed by atoms with Crippen LogP contribution in [-0.2, 0) is 26.2 Å². The van der Waals surface area contributed by atoms with E-state index >= 15 is 0 Å². The average Bonchev–Trinajstić information content (AvgIpc) is 2.71. The zero-order valence-electron chi connectivity index (χ0n) is 20.9. The van der Waals surface area contributed by atoms with Crippen molar-refractivity contribution in [2.45, 2.75) is 59.2 Å². The fourth-order valence-corrected chi connectivity index (χ4v) is 5.01. The molecule has 0 saturated carbocycles. The summed E-state index contributed by atoms with van der Waals surface area (Å²) in [7, 11) is -3.83. The normalized spacial score (nSPS) is 12.7. The number of sulfonamides is 1. The van der Waals surface area contributed by atoms with Crippen molar-refractivity contribution in [1.82, 2.24) is 10.2 Å². The van der Waals surface area contributed by atoms with Crippen LogP contribution >= 0.6 is 23.2 Å². The van der Waals surface area contributed by atoms with E-state index in [1.807, 2.05) is 20.8 Å². The Morgan fingerprint density at radius 3 is 2.23 bits per heavy atom. The summed E-state index contributed by atoms with van der Waals surface area (Å²) < 4.78 is 26.5. The molecule has 2 rings (SSSR count). The highest BCUT2D eigenvalue weighted by Crippen LogP contribution is 2.27. The second-order valence-corrected chi connectivity index (χ2v) is 12.2. The van der Waals surface area contributed by atoms with Crippen LogP contribution in [-0.4, -0.2) is 49.5 Å². The smallest absolute Gasteiger partial charge is 0.244 e. The van der Waals surface area contributed by atoms with Gasteiger partial charge in [-0.2, -0.15) is 0 Å². The number of nitrogens with zero attached hydrogens (tertiary/aromatic N) is 2. The number of rotatable bonds is 9. The highest BCUT2D eigenvalue weighted by molar-refractivity contribution is 7.92. The topological polar surface area (TPSA) is 86.8 Å². The third kappa shape index (κ3) is 8.12. The summed E-state index contributed by atoms with van der Waals surface area (Å²) >= 11 is 12.4. The van der Waals surface area contributed by atoms with Crippen LogP contribution in [0, 0.1) is 6.92 Å². The van der Waals surface area contributed by atoms with Crippen LogP contribution in [0.2, 0.25) is 10.0 Å². The largest absolute Gasteiger partial charge is 0.350 e. The van der Waals surface area contributed by atoms with Crippen molar-refractivity contribution in [2.75, 3.05) is 17.1 Å². The van der Waals surface area contributed by atoms with Gasteiger partial charge in [-0.25, -0.2) is 8.42 Å². The van der Waals surface area contributed by atoms with E-state index in [2.05, 4.69) is 5.32 Å². The van der Waals surface area contributed by atoms with Crippen molar-refractivity contribution >= 4 is 50.7 Å². The lowest BCUT2D eigenvalue weighted by Gasteiger charge is -2.35. The third-order valence-electron chi connectivity index (χ3n) is 5.29. The van der Waals surface area contributed by atoms with Crippen LogP contribution in [0.25, 0.3) is 0 Å². The van der Waals surface area contributed by atoms with Crippen LogP contribution < -0.4 is 9.62 Å². The molecule has 2 aromatic rings. The summed E-state index contributed by atoms with van der Waals surface area (Å²) in [6.45, 7) is 8.65. The lowest BCUT2D eigenvalue weighted by molar-refractivity contribution is -0.141. The van der Waals surface area contributed by atoms with Crippen molar-refractivity contribution in [2.24, 2.45) is 0 Å². The minimum absolute atomic E-state index is 0.0474. The summed E-state index contributed by atoms with van der Waals surface area (Å²) in [6, 6.07) is 11.0. The SMILES string of the molecule is CC[C@@H](C(=O)NC(C)(C)C)N(Cc1ccccc1Cl)C(=O)CN(c1ccc(Cl)cc1C)S(C)(=O)=O. The van der Waals surface area contributed by atoms with Crippen LogP contribution in [0.15, 0.2) is 42.5 Å². The molecule has 2 aromatic carbocycles. The van der Waals surface area contributed by atoms with Crippen LogP contribution in [0.4, 0.5) is 5.69 Å². The molecule has 0 aliphatic carbocycles. The first-order valence-electron chi connectivity index (χ1n) is 11.2. The summed E-state index contributed by atoms with van der Waals surface area (Å²) in [4.78, 5) is 28.3. The zero-order valence-corrected chi connectivity index (χ0v) is 23.3. The molecule has 0 aliphatic rings. The first-order valence-corrected chi connectivity index (χ1v) is 13.8. The Morgan fingerprint density at radius 1 is 1.09 bits per heavy atom. The summed E-state index contributed by atoms with van der Waals surface area (Å²) in [5, 5.41) is 3.83. The Hall–Kier alpha value is -2.29. The molecule has 0 saturated heterocycles. The molecule has 0 heterocycles. The molecule has 1 N–H and O–H groups in total. The van der Waals surface area contributed by atoms with E-state index in [4.69, 9.17) is 23.2 Å². The number of hydrogen-bond donors (Lipinski definition) is 1. The highest BCUT2D eigenvalue weighted by atomic mass is 35.5. The minimum Gasteiger partial charge on any atom is -0.350 e. The Morgan fingerprint density at radius 2 is 1.71 bits per heavy atom. The van der Waals surface area contributed by atoms with Crippen molar-refractivity contribution in [3.05, 3.63) is 63.6 Å². The Labute approximate surface area is 218 Å². The van der Waals surface area contributed by atoms with Crippen molar-refractivity contribution in [3.8, 4) is 0 Å². The van der Waals surface area contributed by atoms with E-state index in [1.165, 1.54) is 4.90 Å². The van der Waals surface area contributed by atoms with Gasteiger partial charge in [0.2, 0.25) is 21.8 Å². The van der Waals surface area contributed by atoms with Crippen LogP contribution in [0.3, 0.4) is 0 Å². The van der Waals surface area contributed by atoms with Gasteiger partial charge in [-0.3, -0.25) is 13.9 Å². The van der Waals surface area contributed by atoms with E-state index in [0.29, 0.717) is 33.3 Å². The number of aryl methyl sites for hydroxylation is 1. The number of carbonyl (C=O) groups is 2. The molecule has 0 aliphatic heterocycles. The van der Waals surface area contributed by atoms with Gasteiger partial charge in [-0.05, 0) is 69.5 Å². The quantitative estimate of drug-likeness (QED) is 0.494. The fraction of sp³-hybridized carbons (Fsp3) is 0.440. The minimum atomic E-state index is -3.83. The number of carbonyl (C=O) groups excluding carboxylic acids is 2. The van der Waals surface area contributed by atoms with Gasteiger partial charge < -0.3 is 10.2 Å². The van der Waals surface area contributed by atoms with Gasteiger partial charge in [0.05, 0.1) is 11.9 Å². The van der Waals surface area contributed by atoms with Crippen molar-refractivity contribution in [3.63, 3.8) is 0 Å². The molecule has 0 unspecified atom stereocenters. The molecule has 0 fully saturated rings. The molecule has 0 aromatic heterocycles. The van der Waals surface area contributed by atoms with Crippen molar-refractivity contribution in [1.29, 1.82) is 0 Å².